The van der Waals surface area contributed by atoms with E-state index in [0.29, 0.717) is 167 Å². The first-order valence-electron chi connectivity index (χ1n) is 38.4. The number of aliphatic hydroxyl groups is 1. The Labute approximate surface area is 662 Å². The SMILES string of the molecule is CS(=O)(=O)N1CCN(c2ccc(Nc3ccnc(-c4ccc(OC5CCOCC5)c(C#N)c4)n3)cc2)CC1.N#Cc1cc(-c2nccc(Nc3ccc(C4CCN(CC(F)F)CC4)cc3)n2)ccc1OC1CCOCC1.N#Cc1cc(-c2nccc(Nc3ccc(N4CCN(C(=O)CO)CC4)cc3)n2)ccc1OC1CCOCC1. The molecule has 6 aromatic carbocycles. The third kappa shape index (κ3) is 22.2. The maximum Gasteiger partial charge on any atom is 0.251 e. The number of carbonyl (C=O) groups is 1. The van der Waals surface area contributed by atoms with Crippen molar-refractivity contribution >= 4 is 61.8 Å². The first kappa shape index (κ1) is 80.5. The number of piperazine rings is 2. The highest BCUT2D eigenvalue weighted by Crippen LogP contribution is 2.35. The number of anilines is 8. The number of likely N-dealkylation sites (tertiary alicyclic amines) is 1. The molecule has 0 unspecified atom stereocenters. The highest BCUT2D eigenvalue weighted by Gasteiger charge is 2.28. The molecule has 0 atom stereocenters. The number of halogens is 2. The molecule has 4 N–H and O–H groups in total. The number of sulfonamides is 1. The Morgan fingerprint density at radius 3 is 1.18 bits per heavy atom. The van der Waals surface area contributed by atoms with Crippen LogP contribution in [0.2, 0.25) is 0 Å². The van der Waals surface area contributed by atoms with Gasteiger partial charge in [-0.2, -0.15) is 20.1 Å². The van der Waals surface area contributed by atoms with Crippen LogP contribution in [0, 0.1) is 34.0 Å². The summed E-state index contributed by atoms with van der Waals surface area (Å²) in [6.07, 6.45) is 10.8. The van der Waals surface area contributed by atoms with Gasteiger partial charge in [0.1, 0.15) is 77.8 Å². The first-order chi connectivity index (χ1) is 55.6. The van der Waals surface area contributed by atoms with Crippen LogP contribution in [-0.4, -0.2) is 213 Å². The Morgan fingerprint density at radius 1 is 0.491 bits per heavy atom. The van der Waals surface area contributed by atoms with Crippen LogP contribution in [-0.2, 0) is 29.0 Å². The maximum absolute atomic E-state index is 12.6. The van der Waals surface area contributed by atoms with Gasteiger partial charge in [0.05, 0.1) is 69.1 Å². The lowest BCUT2D eigenvalue weighted by molar-refractivity contribution is -0.134. The largest absolute Gasteiger partial charge is 0.489 e. The fraction of sp³-hybridized carbons (Fsp3) is 0.381. The summed E-state index contributed by atoms with van der Waals surface area (Å²) >= 11 is 0. The molecule has 6 fully saturated rings. The number of carbonyl (C=O) groups excluding carboxylic acids is 1. The summed E-state index contributed by atoms with van der Waals surface area (Å²) < 4.78 is 84.6. The van der Waals surface area contributed by atoms with E-state index in [1.54, 1.807) is 66.0 Å². The number of aliphatic hydroxyl groups excluding tert-OH is 1. The van der Waals surface area contributed by atoms with Crippen LogP contribution in [0.3, 0.4) is 0 Å². The second-order valence-corrected chi connectivity index (χ2v) is 30.3. The standard InChI is InChI=1S/C29H31F2N5O2.C28H30N6O4.C27H30N6O4S/c30-27(31)19-36-13-8-21(9-14-36)20-1-4-24(5-2-20)34-28-7-12-33-29(35-28)22-3-6-26(23(17-22)18-32)38-25-10-15-37-16-11-25;29-18-21-17-20(1-6-25(21)38-24-8-15-37-16-9-24)28-30-10-7-26(32-28)31-22-2-4-23(5-3-22)33-11-13-34(14-12-33)27(36)19-35;1-38(34,35)33-14-12-32(13-15-33)23-5-3-22(4-6-23)30-26-8-11-29-27(31-26)20-2-7-25(21(18-20)19-28)37-24-9-16-36-17-10-24/h1-7,12,17,21,25,27H,8-11,13-16,19H2,(H,33,34,35);1-7,10,17,24,35H,8-9,11-16,19H2,(H,30,31,32);2-8,11,18,24H,9-10,12-17H2,1H3,(H,29,30,31). The van der Waals surface area contributed by atoms with Gasteiger partial charge in [-0.1, -0.05) is 12.1 Å². The lowest BCUT2D eigenvalue weighted by atomic mass is 9.89. The minimum atomic E-state index is -3.15. The van der Waals surface area contributed by atoms with Gasteiger partial charge in [0.2, 0.25) is 15.9 Å². The van der Waals surface area contributed by atoms with Gasteiger partial charge in [-0.15, -0.1) is 0 Å². The number of piperidine rings is 1. The van der Waals surface area contributed by atoms with E-state index in [2.05, 4.69) is 86.0 Å². The molecular formula is C84H91F2N17O10S. The molecule has 0 bridgehead atoms. The van der Waals surface area contributed by atoms with Crippen LogP contribution in [0.5, 0.6) is 17.2 Å². The Balaban J connectivity index is 0.000000149. The van der Waals surface area contributed by atoms with E-state index >= 15 is 0 Å². The quantitative estimate of drug-likeness (QED) is 0.0490. The number of nitrogens with zero attached hydrogens (tertiary/aromatic N) is 14. The molecule has 15 rings (SSSR count). The van der Waals surface area contributed by atoms with Crippen molar-refractivity contribution in [2.24, 2.45) is 0 Å². The molecule has 9 heterocycles. The molecule has 6 aliphatic rings. The van der Waals surface area contributed by atoms with Crippen molar-refractivity contribution in [2.45, 2.75) is 82.0 Å². The molecule has 6 aliphatic heterocycles. The van der Waals surface area contributed by atoms with Gasteiger partial charge in [-0.25, -0.2) is 47.1 Å². The predicted molar refractivity (Wildman–Crippen MR) is 428 cm³/mol. The minimum Gasteiger partial charge on any atom is -0.489 e. The van der Waals surface area contributed by atoms with Crippen LogP contribution in [0.15, 0.2) is 164 Å². The highest BCUT2D eigenvalue weighted by molar-refractivity contribution is 7.88. The third-order valence-corrected chi connectivity index (χ3v) is 21.9. The van der Waals surface area contributed by atoms with E-state index in [-0.39, 0.29) is 30.8 Å². The van der Waals surface area contributed by atoms with Crippen molar-refractivity contribution in [3.05, 3.63) is 186 Å². The summed E-state index contributed by atoms with van der Waals surface area (Å²) in [5.41, 5.74) is 9.53. The zero-order valence-electron chi connectivity index (χ0n) is 63.4. The van der Waals surface area contributed by atoms with E-state index in [9.17, 15) is 37.8 Å². The molecule has 9 aromatic rings. The number of amides is 1. The molecule has 0 saturated carbocycles. The number of hydrogen-bond donors (Lipinski definition) is 4. The molecule has 6 saturated heterocycles. The Kier molecular flexibility index (Phi) is 27.7. The van der Waals surface area contributed by atoms with E-state index in [1.165, 1.54) is 16.1 Å². The fourth-order valence-electron chi connectivity index (χ4n) is 14.2. The van der Waals surface area contributed by atoms with Gasteiger partial charge in [0.15, 0.2) is 17.5 Å². The van der Waals surface area contributed by atoms with Crippen molar-refractivity contribution in [1.29, 1.82) is 15.8 Å². The lowest BCUT2D eigenvalue weighted by Gasteiger charge is -2.35. The number of alkyl halides is 2. The maximum atomic E-state index is 12.6. The smallest absolute Gasteiger partial charge is 0.251 e. The van der Waals surface area contributed by atoms with Gasteiger partial charge in [-0.3, -0.25) is 9.69 Å². The second-order valence-electron chi connectivity index (χ2n) is 28.3. The third-order valence-electron chi connectivity index (χ3n) is 20.6. The molecule has 0 aliphatic carbocycles. The van der Waals surface area contributed by atoms with Gasteiger partial charge < -0.3 is 64.2 Å². The van der Waals surface area contributed by atoms with Crippen molar-refractivity contribution in [3.63, 3.8) is 0 Å². The number of nitriles is 3. The summed E-state index contributed by atoms with van der Waals surface area (Å²) in [5.74, 6) is 5.30. The molecule has 0 radical (unpaired) electrons. The van der Waals surface area contributed by atoms with Crippen LogP contribution < -0.4 is 40.0 Å². The molecule has 1 amide bonds. The zero-order chi connectivity index (χ0) is 79.2. The van der Waals surface area contributed by atoms with Gasteiger partial charge in [0.25, 0.3) is 6.43 Å². The summed E-state index contributed by atoms with van der Waals surface area (Å²) in [5, 5.41) is 48.1. The molecule has 114 heavy (non-hydrogen) atoms. The van der Waals surface area contributed by atoms with Crippen molar-refractivity contribution in [2.75, 3.05) is 150 Å². The highest BCUT2D eigenvalue weighted by atomic mass is 32.2. The Hall–Kier alpha value is -11.5. The summed E-state index contributed by atoms with van der Waals surface area (Å²) in [7, 11) is -3.15. The summed E-state index contributed by atoms with van der Waals surface area (Å²) in [4.78, 5) is 46.7. The van der Waals surface area contributed by atoms with Crippen LogP contribution in [0.4, 0.5) is 54.7 Å². The number of nitrogens with one attached hydrogen (secondary N) is 3. The number of ether oxygens (including phenoxy) is 6. The summed E-state index contributed by atoms with van der Waals surface area (Å²) in [6, 6.07) is 52.6. The minimum absolute atomic E-state index is 0.0500. The van der Waals surface area contributed by atoms with Crippen molar-refractivity contribution in [1.82, 2.24) is 44.0 Å². The number of benzene rings is 6. The second kappa shape index (κ2) is 39.3. The Bertz CT molecular complexity index is 4940. The van der Waals surface area contributed by atoms with Gasteiger partial charge >= 0.3 is 0 Å². The average molecular weight is 1570 g/mol. The fourth-order valence-corrected chi connectivity index (χ4v) is 15.1. The van der Waals surface area contributed by atoms with Crippen molar-refractivity contribution < 1.29 is 55.5 Å². The van der Waals surface area contributed by atoms with Crippen LogP contribution in [0.25, 0.3) is 34.2 Å². The molecule has 27 nitrogen and oxygen atoms in total. The lowest BCUT2D eigenvalue weighted by Crippen LogP contribution is -2.49. The molecule has 592 valence electrons. The zero-order valence-corrected chi connectivity index (χ0v) is 64.2. The van der Waals surface area contributed by atoms with E-state index in [1.807, 2.05) is 95.9 Å². The predicted octanol–water partition coefficient (Wildman–Crippen LogP) is 12.1. The van der Waals surface area contributed by atoms with Crippen LogP contribution >= 0.6 is 0 Å². The summed E-state index contributed by atoms with van der Waals surface area (Å²) in [6.45, 7) is 9.76. The van der Waals surface area contributed by atoms with E-state index in [4.69, 9.17) is 33.5 Å². The molecular weight excluding hydrogens is 1480 g/mol. The number of rotatable bonds is 22. The van der Waals surface area contributed by atoms with Crippen LogP contribution in [0.1, 0.15) is 79.5 Å². The number of hydrogen-bond acceptors (Lipinski definition) is 25. The van der Waals surface area contributed by atoms with Gasteiger partial charge in [-0.05, 0) is 171 Å². The monoisotopic (exact) mass is 1570 g/mol. The van der Waals surface area contributed by atoms with Gasteiger partial charge in [0, 0.05) is 155 Å². The topological polar surface area (TPSA) is 328 Å². The Morgan fingerprint density at radius 2 is 0.842 bits per heavy atom. The average Bonchev–Trinajstić information content (AvgIpc) is 0.836. The first-order valence-corrected chi connectivity index (χ1v) is 40.2. The molecule has 3 aromatic heterocycles. The van der Waals surface area contributed by atoms with E-state index in [0.717, 1.165) is 110 Å². The number of aromatic nitrogens is 6. The molecule has 0 spiro atoms. The molecule has 30 heteroatoms. The van der Waals surface area contributed by atoms with Crippen molar-refractivity contribution in [3.8, 4) is 69.6 Å². The van der Waals surface area contributed by atoms with E-state index < -0.39 is 23.1 Å². The normalized spacial score (nSPS) is 16.8.